The molecule has 2 aromatic rings. The van der Waals surface area contributed by atoms with Gasteiger partial charge in [-0.3, -0.25) is 0 Å². The van der Waals surface area contributed by atoms with E-state index in [0.717, 1.165) is 10.5 Å². The summed E-state index contributed by atoms with van der Waals surface area (Å²) in [6.07, 6.45) is 0. The van der Waals surface area contributed by atoms with Gasteiger partial charge in [-0.2, -0.15) is 4.98 Å². The van der Waals surface area contributed by atoms with E-state index >= 15 is 0 Å². The van der Waals surface area contributed by atoms with Crippen molar-refractivity contribution in [2.24, 2.45) is 4.99 Å². The summed E-state index contributed by atoms with van der Waals surface area (Å²) in [5.74, 6) is 0. The molecule has 2 rings (SSSR count). The van der Waals surface area contributed by atoms with Crippen LogP contribution in [0.3, 0.4) is 0 Å². The van der Waals surface area contributed by atoms with Gasteiger partial charge in [0.2, 0.25) is 4.80 Å². The predicted molar refractivity (Wildman–Crippen MR) is 76.2 cm³/mol. The zero-order chi connectivity index (χ0) is 9.97. The first-order valence-electron chi connectivity index (χ1n) is 4.08. The van der Waals surface area contributed by atoms with E-state index in [1.165, 1.54) is 26.2 Å². The van der Waals surface area contributed by atoms with Gasteiger partial charge in [0.25, 0.3) is 0 Å². The topological polar surface area (TPSA) is 51.3 Å². The molecule has 0 aliphatic rings. The Labute approximate surface area is 112 Å². The van der Waals surface area contributed by atoms with E-state index in [1.54, 1.807) is 0 Å². The Kier molecular flexibility index (Phi) is 4.68. The highest BCUT2D eigenvalue weighted by Gasteiger charge is 1.92. The van der Waals surface area contributed by atoms with Crippen molar-refractivity contribution < 1.29 is 0 Å². The molecule has 1 aromatic carbocycles. The van der Waals surface area contributed by atoms with E-state index in [1.807, 2.05) is 31.2 Å². The number of halogens is 1. The Morgan fingerprint density at radius 3 is 2.40 bits per heavy atom. The minimum Gasteiger partial charge on any atom is -0.374 e. The number of aryl methyl sites for hydroxylation is 1. The van der Waals surface area contributed by atoms with Gasteiger partial charge in [0, 0.05) is 0 Å². The monoisotopic (exact) mass is 351 g/mol. The molecule has 15 heavy (non-hydrogen) atoms. The molecule has 2 N–H and O–H groups in total. The van der Waals surface area contributed by atoms with Gasteiger partial charge in [0.05, 0.1) is 5.69 Å². The lowest BCUT2D eigenvalue weighted by Gasteiger charge is -1.91. The largest absolute Gasteiger partial charge is 0.374 e. The Morgan fingerprint density at radius 2 is 1.87 bits per heavy atom. The number of nitrogens with zero attached hydrogens (tertiary/aromatic N) is 2. The van der Waals surface area contributed by atoms with Gasteiger partial charge >= 0.3 is 0 Å². The fourth-order valence-electron chi connectivity index (χ4n) is 0.985. The molecular weight excluding hydrogens is 341 g/mol. The van der Waals surface area contributed by atoms with Crippen molar-refractivity contribution >= 4 is 55.5 Å². The molecule has 0 aliphatic heterocycles. The van der Waals surface area contributed by atoms with Crippen molar-refractivity contribution in [3.63, 3.8) is 0 Å². The summed E-state index contributed by atoms with van der Waals surface area (Å²) in [5.41, 5.74) is 7.66. The van der Waals surface area contributed by atoms with Crippen LogP contribution < -0.4 is 10.5 Å². The average molecular weight is 351 g/mol. The van der Waals surface area contributed by atoms with Crippen molar-refractivity contribution in [2.45, 2.75) is 6.92 Å². The molecule has 0 fully saturated rings. The number of hydrogen-bond donors (Lipinski definition) is 1. The highest BCUT2D eigenvalue weighted by molar-refractivity contribution is 14.0. The molecular formula is C9H10IN3S2. The normalized spacial score (nSPS) is 11.1. The van der Waals surface area contributed by atoms with Crippen LogP contribution in [-0.2, 0) is 0 Å². The molecule has 0 atom stereocenters. The summed E-state index contributed by atoms with van der Waals surface area (Å²) in [4.78, 5) is 9.14. The number of anilines is 1. The zero-order valence-electron chi connectivity index (χ0n) is 8.01. The molecule has 0 saturated heterocycles. The maximum atomic E-state index is 5.51. The van der Waals surface area contributed by atoms with Gasteiger partial charge < -0.3 is 5.73 Å². The lowest BCUT2D eigenvalue weighted by atomic mass is 10.2. The van der Waals surface area contributed by atoms with Crippen LogP contribution in [-0.4, -0.2) is 4.98 Å². The van der Waals surface area contributed by atoms with Gasteiger partial charge in [-0.05, 0) is 39.7 Å². The second kappa shape index (κ2) is 5.57. The molecule has 1 aromatic heterocycles. The molecule has 3 nitrogen and oxygen atoms in total. The van der Waals surface area contributed by atoms with Crippen molar-refractivity contribution in [1.29, 1.82) is 0 Å². The third kappa shape index (κ3) is 3.54. The molecule has 0 spiro atoms. The van der Waals surface area contributed by atoms with Crippen LogP contribution in [0.1, 0.15) is 5.56 Å². The van der Waals surface area contributed by atoms with Crippen LogP contribution in [0.25, 0.3) is 0 Å². The Morgan fingerprint density at radius 1 is 1.20 bits per heavy atom. The molecule has 1 heterocycles. The number of aromatic nitrogens is 1. The lowest BCUT2D eigenvalue weighted by Crippen LogP contribution is -1.97. The van der Waals surface area contributed by atoms with Crippen molar-refractivity contribution in [3.05, 3.63) is 34.6 Å². The van der Waals surface area contributed by atoms with Crippen LogP contribution in [0, 0.1) is 6.92 Å². The smallest absolute Gasteiger partial charge is 0.222 e. The Balaban J connectivity index is 0.00000112. The van der Waals surface area contributed by atoms with Crippen LogP contribution >= 0.6 is 44.7 Å². The number of nitrogens with two attached hydrogens (primary N) is 1. The maximum Gasteiger partial charge on any atom is 0.222 e. The summed E-state index contributed by atoms with van der Waals surface area (Å²) >= 11 is 0. The van der Waals surface area contributed by atoms with E-state index in [-0.39, 0.29) is 24.0 Å². The lowest BCUT2D eigenvalue weighted by molar-refractivity contribution is 1.24. The molecule has 0 aliphatic carbocycles. The molecule has 0 amide bonds. The standard InChI is InChI=1S/C9H9N3S2.HI/c1-6-2-4-7(5-3-6)11-9-12-8(10)13-14-9;/h2-5H,1H3,(H2,10,11,12);1H. The van der Waals surface area contributed by atoms with E-state index < -0.39 is 0 Å². The molecule has 6 heteroatoms. The second-order valence-corrected chi connectivity index (χ2v) is 4.96. The Hall–Kier alpha value is -0.470. The summed E-state index contributed by atoms with van der Waals surface area (Å²) in [6.45, 7) is 2.05. The molecule has 0 unspecified atom stereocenters. The van der Waals surface area contributed by atoms with E-state index in [4.69, 9.17) is 5.73 Å². The first-order valence-corrected chi connectivity index (χ1v) is 6.23. The summed E-state index contributed by atoms with van der Waals surface area (Å²) < 4.78 is 0. The minimum absolute atomic E-state index is 0. The summed E-state index contributed by atoms with van der Waals surface area (Å²) in [5, 5.41) is 0.570. The molecule has 80 valence electrons. The molecule has 0 saturated carbocycles. The number of nitrogen functional groups attached to an aromatic ring is 1. The first kappa shape index (κ1) is 12.6. The van der Waals surface area contributed by atoms with Crippen LogP contribution in [0.15, 0.2) is 29.3 Å². The average Bonchev–Trinajstić information content (AvgIpc) is 2.56. The van der Waals surface area contributed by atoms with E-state index in [9.17, 15) is 0 Å². The summed E-state index contributed by atoms with van der Waals surface area (Å²) in [6, 6.07) is 7.99. The van der Waals surface area contributed by atoms with Gasteiger partial charge in [-0.1, -0.05) is 17.7 Å². The van der Waals surface area contributed by atoms with Gasteiger partial charge in [0.1, 0.15) is 0 Å². The highest BCUT2D eigenvalue weighted by atomic mass is 127. The van der Waals surface area contributed by atoms with E-state index in [2.05, 4.69) is 9.98 Å². The Bertz CT molecular complexity index is 487. The maximum absolute atomic E-state index is 5.51. The number of benzene rings is 1. The highest BCUT2D eigenvalue weighted by Crippen LogP contribution is 2.13. The van der Waals surface area contributed by atoms with Gasteiger partial charge in [0.15, 0.2) is 5.13 Å². The van der Waals surface area contributed by atoms with Crippen molar-refractivity contribution in [2.75, 3.05) is 5.73 Å². The number of rotatable bonds is 1. The van der Waals surface area contributed by atoms with Crippen LogP contribution in [0.4, 0.5) is 10.8 Å². The van der Waals surface area contributed by atoms with Gasteiger partial charge in [-0.25, -0.2) is 4.99 Å². The quantitative estimate of drug-likeness (QED) is 0.634. The summed E-state index contributed by atoms with van der Waals surface area (Å²) in [7, 11) is 2.93. The third-order valence-electron chi connectivity index (χ3n) is 1.67. The SMILES string of the molecule is Cc1ccc(N=c2nc(N)ss2)cc1.I. The van der Waals surface area contributed by atoms with Crippen molar-refractivity contribution in [1.82, 2.24) is 4.98 Å². The van der Waals surface area contributed by atoms with Crippen LogP contribution in [0.2, 0.25) is 0 Å². The van der Waals surface area contributed by atoms with Crippen LogP contribution in [0.5, 0.6) is 0 Å². The number of hydrogen-bond acceptors (Lipinski definition) is 5. The van der Waals surface area contributed by atoms with Gasteiger partial charge in [-0.15, -0.1) is 24.0 Å². The van der Waals surface area contributed by atoms with E-state index in [0.29, 0.717) is 5.13 Å². The fourth-order valence-corrected chi connectivity index (χ4v) is 2.42. The second-order valence-electron chi connectivity index (χ2n) is 2.85. The molecule has 0 bridgehead atoms. The predicted octanol–water partition coefficient (Wildman–Crippen LogP) is 2.95. The fraction of sp³-hybridized carbons (Fsp3) is 0.111. The first-order chi connectivity index (χ1) is 6.74. The minimum atomic E-state index is 0. The third-order valence-corrected chi connectivity index (χ3v) is 3.55. The zero-order valence-corrected chi connectivity index (χ0v) is 12.0. The van der Waals surface area contributed by atoms with Crippen molar-refractivity contribution in [3.8, 4) is 0 Å². The molecule has 0 radical (unpaired) electrons.